The van der Waals surface area contributed by atoms with Crippen molar-refractivity contribution in [3.05, 3.63) is 35.4 Å². The van der Waals surface area contributed by atoms with E-state index in [4.69, 9.17) is 5.11 Å². The first-order valence-electron chi connectivity index (χ1n) is 4.36. The van der Waals surface area contributed by atoms with Crippen molar-refractivity contribution in [2.24, 2.45) is 0 Å². The molecule has 1 aromatic rings. The van der Waals surface area contributed by atoms with Crippen molar-refractivity contribution in [3.8, 4) is 5.75 Å². The third kappa shape index (κ3) is 2.62. The van der Waals surface area contributed by atoms with E-state index in [2.05, 4.69) is 0 Å². The van der Waals surface area contributed by atoms with Crippen molar-refractivity contribution in [1.29, 1.82) is 0 Å². The number of carboxylic acids is 1. The van der Waals surface area contributed by atoms with Crippen molar-refractivity contribution >= 4 is 12.0 Å². The third-order valence-electron chi connectivity index (χ3n) is 1.91. The minimum atomic E-state index is -0.972. The Morgan fingerprint density at radius 2 is 2.21 bits per heavy atom. The lowest BCUT2D eigenvalue weighted by molar-refractivity contribution is -0.131. The summed E-state index contributed by atoms with van der Waals surface area (Å²) in [5, 5.41) is 17.7. The van der Waals surface area contributed by atoms with Crippen LogP contribution in [-0.2, 0) is 11.2 Å². The van der Waals surface area contributed by atoms with Gasteiger partial charge in [-0.1, -0.05) is 13.0 Å². The number of phenols is 1. The smallest absolute Gasteiger partial charge is 0.328 e. The highest BCUT2D eigenvalue weighted by molar-refractivity contribution is 5.85. The number of aliphatic carboxylic acids is 1. The van der Waals surface area contributed by atoms with Gasteiger partial charge in [-0.05, 0) is 35.8 Å². The van der Waals surface area contributed by atoms with Gasteiger partial charge in [-0.25, -0.2) is 4.79 Å². The van der Waals surface area contributed by atoms with Gasteiger partial charge in [0.1, 0.15) is 5.75 Å². The van der Waals surface area contributed by atoms with Gasteiger partial charge in [-0.3, -0.25) is 0 Å². The summed E-state index contributed by atoms with van der Waals surface area (Å²) < 4.78 is 0. The summed E-state index contributed by atoms with van der Waals surface area (Å²) >= 11 is 0. The molecule has 0 aliphatic carbocycles. The summed E-state index contributed by atoms with van der Waals surface area (Å²) in [4.78, 5) is 10.3. The Morgan fingerprint density at radius 1 is 1.50 bits per heavy atom. The van der Waals surface area contributed by atoms with Crippen LogP contribution in [0.15, 0.2) is 24.3 Å². The molecule has 3 nitrogen and oxygen atoms in total. The quantitative estimate of drug-likeness (QED) is 0.720. The zero-order valence-electron chi connectivity index (χ0n) is 7.90. The molecule has 74 valence electrons. The van der Waals surface area contributed by atoms with Gasteiger partial charge in [0.25, 0.3) is 0 Å². The Balaban J connectivity index is 3.02. The fourth-order valence-corrected chi connectivity index (χ4v) is 1.22. The highest BCUT2D eigenvalue weighted by Gasteiger charge is 1.99. The molecule has 1 rings (SSSR count). The highest BCUT2D eigenvalue weighted by atomic mass is 16.4. The normalized spacial score (nSPS) is 10.6. The number of hydrogen-bond acceptors (Lipinski definition) is 2. The van der Waals surface area contributed by atoms with Crippen LogP contribution in [-0.4, -0.2) is 16.2 Å². The van der Waals surface area contributed by atoms with Gasteiger partial charge in [0.2, 0.25) is 0 Å². The summed E-state index contributed by atoms with van der Waals surface area (Å²) in [7, 11) is 0. The molecule has 0 aliphatic heterocycles. The largest absolute Gasteiger partial charge is 0.508 e. The van der Waals surface area contributed by atoms with Gasteiger partial charge in [0, 0.05) is 6.08 Å². The molecule has 0 heterocycles. The van der Waals surface area contributed by atoms with Crippen LogP contribution in [0.25, 0.3) is 6.08 Å². The lowest BCUT2D eigenvalue weighted by atomic mass is 10.0. The maximum Gasteiger partial charge on any atom is 0.328 e. The zero-order chi connectivity index (χ0) is 10.6. The maximum absolute atomic E-state index is 10.3. The second kappa shape index (κ2) is 4.46. The van der Waals surface area contributed by atoms with Crippen LogP contribution in [0, 0.1) is 0 Å². The summed E-state index contributed by atoms with van der Waals surface area (Å²) in [6, 6.07) is 4.88. The highest BCUT2D eigenvalue weighted by Crippen LogP contribution is 2.18. The van der Waals surface area contributed by atoms with Crippen LogP contribution in [0.2, 0.25) is 0 Å². The molecule has 0 unspecified atom stereocenters. The Bertz CT molecular complexity index is 367. The second-order valence-corrected chi connectivity index (χ2v) is 2.91. The Labute approximate surface area is 82.3 Å². The summed E-state index contributed by atoms with van der Waals surface area (Å²) in [6.07, 6.45) is 3.37. The van der Waals surface area contributed by atoms with E-state index in [1.807, 2.05) is 6.92 Å². The molecular weight excluding hydrogens is 180 g/mol. The van der Waals surface area contributed by atoms with E-state index in [-0.39, 0.29) is 5.75 Å². The van der Waals surface area contributed by atoms with Crippen LogP contribution >= 0.6 is 0 Å². The number of benzene rings is 1. The molecule has 0 radical (unpaired) electrons. The van der Waals surface area contributed by atoms with Crippen molar-refractivity contribution in [1.82, 2.24) is 0 Å². The third-order valence-corrected chi connectivity index (χ3v) is 1.91. The molecule has 14 heavy (non-hydrogen) atoms. The predicted octanol–water partition coefficient (Wildman–Crippen LogP) is 2.05. The first-order chi connectivity index (χ1) is 6.63. The molecule has 0 fully saturated rings. The van der Waals surface area contributed by atoms with E-state index in [0.29, 0.717) is 0 Å². The molecule has 0 amide bonds. The van der Waals surface area contributed by atoms with Crippen molar-refractivity contribution in [3.63, 3.8) is 0 Å². The van der Waals surface area contributed by atoms with Gasteiger partial charge in [-0.15, -0.1) is 0 Å². The Kier molecular flexibility index (Phi) is 3.29. The predicted molar refractivity (Wildman–Crippen MR) is 54.2 cm³/mol. The van der Waals surface area contributed by atoms with Crippen molar-refractivity contribution in [2.75, 3.05) is 0 Å². The van der Waals surface area contributed by atoms with Crippen LogP contribution < -0.4 is 0 Å². The van der Waals surface area contributed by atoms with E-state index in [9.17, 15) is 9.90 Å². The second-order valence-electron chi connectivity index (χ2n) is 2.91. The molecule has 0 aliphatic rings. The molecule has 0 saturated carbocycles. The van der Waals surface area contributed by atoms with E-state index in [1.165, 1.54) is 6.08 Å². The summed E-state index contributed by atoms with van der Waals surface area (Å²) in [5.74, 6) is -0.769. The molecule has 3 heteroatoms. The lowest BCUT2D eigenvalue weighted by Crippen LogP contribution is -1.89. The average Bonchev–Trinajstić information content (AvgIpc) is 2.15. The number of carbonyl (C=O) groups is 1. The maximum atomic E-state index is 10.3. The number of carboxylic acid groups (broad SMARTS) is 1. The number of rotatable bonds is 3. The monoisotopic (exact) mass is 192 g/mol. The molecule has 1 aromatic carbocycles. The van der Waals surface area contributed by atoms with Gasteiger partial charge < -0.3 is 10.2 Å². The molecule has 0 aromatic heterocycles. The standard InChI is InChI=1S/C11H12O3/c1-2-8-7-10(12)5-3-9(8)4-6-11(13)14/h3-7,12H,2H2,1H3,(H,13,14)/b6-4+. The minimum absolute atomic E-state index is 0.203. The van der Waals surface area contributed by atoms with Crippen molar-refractivity contribution < 1.29 is 15.0 Å². The van der Waals surface area contributed by atoms with Crippen molar-refractivity contribution in [2.45, 2.75) is 13.3 Å². The Morgan fingerprint density at radius 3 is 2.79 bits per heavy atom. The molecule has 0 atom stereocenters. The zero-order valence-corrected chi connectivity index (χ0v) is 7.90. The first kappa shape index (κ1) is 10.3. The van der Waals surface area contributed by atoms with Crippen LogP contribution in [0.5, 0.6) is 5.75 Å². The molecule has 0 saturated heterocycles. The molecule has 2 N–H and O–H groups in total. The summed E-state index contributed by atoms with van der Waals surface area (Å²) in [6.45, 7) is 1.95. The number of phenolic OH excluding ortho intramolecular Hbond substituents is 1. The van der Waals surface area contributed by atoms with E-state index < -0.39 is 5.97 Å². The van der Waals surface area contributed by atoms with Gasteiger partial charge >= 0.3 is 5.97 Å². The van der Waals surface area contributed by atoms with Crippen LogP contribution in [0.1, 0.15) is 18.1 Å². The van der Waals surface area contributed by atoms with Gasteiger partial charge in [0.05, 0.1) is 0 Å². The topological polar surface area (TPSA) is 57.5 Å². The number of aryl methyl sites for hydroxylation is 1. The Hall–Kier alpha value is -1.77. The first-order valence-corrected chi connectivity index (χ1v) is 4.36. The molecule has 0 bridgehead atoms. The molecule has 0 spiro atoms. The molecular formula is C11H12O3. The van der Waals surface area contributed by atoms with E-state index in [0.717, 1.165) is 23.6 Å². The van der Waals surface area contributed by atoms with Crippen LogP contribution in [0.3, 0.4) is 0 Å². The number of hydrogen-bond donors (Lipinski definition) is 2. The summed E-state index contributed by atoms with van der Waals surface area (Å²) in [5.41, 5.74) is 1.76. The van der Waals surface area contributed by atoms with Crippen LogP contribution in [0.4, 0.5) is 0 Å². The lowest BCUT2D eigenvalue weighted by Gasteiger charge is -2.03. The fourth-order valence-electron chi connectivity index (χ4n) is 1.22. The number of aromatic hydroxyl groups is 1. The minimum Gasteiger partial charge on any atom is -0.508 e. The average molecular weight is 192 g/mol. The van der Waals surface area contributed by atoms with E-state index in [1.54, 1.807) is 18.2 Å². The fraction of sp³-hybridized carbons (Fsp3) is 0.182. The van der Waals surface area contributed by atoms with Gasteiger partial charge in [0.15, 0.2) is 0 Å². The van der Waals surface area contributed by atoms with Gasteiger partial charge in [-0.2, -0.15) is 0 Å². The van der Waals surface area contributed by atoms with E-state index >= 15 is 0 Å². The SMILES string of the molecule is CCc1cc(O)ccc1/C=C/C(=O)O.